The van der Waals surface area contributed by atoms with Gasteiger partial charge in [-0.15, -0.1) is 0 Å². The summed E-state index contributed by atoms with van der Waals surface area (Å²) >= 11 is 0. The average Bonchev–Trinajstić information content (AvgIpc) is 2.67. The molecule has 0 saturated carbocycles. The van der Waals surface area contributed by atoms with Crippen molar-refractivity contribution in [3.63, 3.8) is 0 Å². The molecule has 1 heterocycles. The second-order valence-corrected chi connectivity index (χ2v) is 6.50. The average molecular weight is 360 g/mol. The highest BCUT2D eigenvalue weighted by Gasteiger charge is 2.11. The lowest BCUT2D eigenvalue weighted by Crippen LogP contribution is -2.17. The van der Waals surface area contributed by atoms with Crippen molar-refractivity contribution >= 4 is 17.5 Å². The van der Waals surface area contributed by atoms with Crippen LogP contribution in [0.25, 0.3) is 0 Å². The molecule has 3 aromatic rings. The van der Waals surface area contributed by atoms with Gasteiger partial charge in [0.2, 0.25) is 5.95 Å². The molecule has 0 unspecified atom stereocenters. The molecule has 0 aliphatic carbocycles. The van der Waals surface area contributed by atoms with Crippen molar-refractivity contribution < 1.29 is 4.79 Å². The number of anilines is 2. The van der Waals surface area contributed by atoms with Gasteiger partial charge in [-0.05, 0) is 49.9 Å². The second-order valence-electron chi connectivity index (χ2n) is 6.50. The van der Waals surface area contributed by atoms with Crippen molar-refractivity contribution in [3.8, 4) is 0 Å². The van der Waals surface area contributed by atoms with Gasteiger partial charge in [0.25, 0.3) is 5.91 Å². The number of para-hydroxylation sites is 1. The lowest BCUT2D eigenvalue weighted by atomic mass is 10.1. The van der Waals surface area contributed by atoms with Crippen molar-refractivity contribution in [2.45, 2.75) is 26.7 Å². The fraction of sp³-hybridized carbons (Fsp3) is 0.227. The summed E-state index contributed by atoms with van der Waals surface area (Å²) in [6, 6.07) is 19.7. The van der Waals surface area contributed by atoms with Crippen molar-refractivity contribution in [2.75, 3.05) is 17.2 Å². The number of nitrogens with one attached hydrogen (secondary N) is 2. The molecule has 0 fully saturated rings. The minimum absolute atomic E-state index is 0.234. The normalized spacial score (nSPS) is 10.4. The number of aromatic nitrogens is 2. The number of aryl methyl sites for hydroxylation is 3. The first-order valence-electron chi connectivity index (χ1n) is 9.12. The monoisotopic (exact) mass is 360 g/mol. The Bertz CT molecular complexity index is 909. The Labute approximate surface area is 159 Å². The van der Waals surface area contributed by atoms with E-state index in [0.29, 0.717) is 11.6 Å². The fourth-order valence-corrected chi connectivity index (χ4v) is 2.80. The van der Waals surface area contributed by atoms with Crippen molar-refractivity contribution in [1.82, 2.24) is 9.97 Å². The van der Waals surface area contributed by atoms with E-state index in [2.05, 4.69) is 32.7 Å². The van der Waals surface area contributed by atoms with Gasteiger partial charge < -0.3 is 10.6 Å². The third-order valence-corrected chi connectivity index (χ3v) is 4.25. The molecular weight excluding hydrogens is 336 g/mol. The van der Waals surface area contributed by atoms with E-state index in [0.717, 1.165) is 36.3 Å². The summed E-state index contributed by atoms with van der Waals surface area (Å²) in [6.07, 6.45) is 1.95. The summed E-state index contributed by atoms with van der Waals surface area (Å²) in [7, 11) is 0. The largest absolute Gasteiger partial charge is 0.354 e. The predicted octanol–water partition coefficient (Wildman–Crippen LogP) is 4.39. The second kappa shape index (κ2) is 8.94. The number of hydrogen-bond donors (Lipinski definition) is 2. The lowest BCUT2D eigenvalue weighted by Gasteiger charge is -2.10. The molecular formula is C22H24N4O. The number of amides is 1. The molecule has 3 rings (SSSR count). The molecule has 0 spiro atoms. The minimum atomic E-state index is -0.234. The fourth-order valence-electron chi connectivity index (χ4n) is 2.80. The molecule has 1 aromatic heterocycles. The molecule has 5 nitrogen and oxygen atoms in total. The molecule has 27 heavy (non-hydrogen) atoms. The predicted molar refractivity (Wildman–Crippen MR) is 109 cm³/mol. The van der Waals surface area contributed by atoms with Crippen molar-refractivity contribution in [2.24, 2.45) is 0 Å². The molecule has 0 saturated heterocycles. The lowest BCUT2D eigenvalue weighted by molar-refractivity contribution is 0.102. The summed E-state index contributed by atoms with van der Waals surface area (Å²) in [5.74, 6) is 0.250. The van der Waals surface area contributed by atoms with Crippen LogP contribution in [0.3, 0.4) is 0 Å². The van der Waals surface area contributed by atoms with Gasteiger partial charge in [-0.2, -0.15) is 0 Å². The van der Waals surface area contributed by atoms with Crippen LogP contribution in [0.2, 0.25) is 0 Å². The number of hydrogen-bond acceptors (Lipinski definition) is 4. The van der Waals surface area contributed by atoms with E-state index >= 15 is 0 Å². The molecule has 0 atom stereocenters. The molecule has 2 aromatic carbocycles. The van der Waals surface area contributed by atoms with Gasteiger partial charge in [-0.25, -0.2) is 9.97 Å². The van der Waals surface area contributed by atoms with Gasteiger partial charge >= 0.3 is 0 Å². The Hall–Kier alpha value is -3.21. The summed E-state index contributed by atoms with van der Waals surface area (Å²) in [5, 5.41) is 6.14. The highest BCUT2D eigenvalue weighted by Crippen LogP contribution is 2.15. The molecule has 1 amide bonds. The van der Waals surface area contributed by atoms with E-state index < -0.39 is 0 Å². The van der Waals surface area contributed by atoms with Crippen LogP contribution in [0.5, 0.6) is 0 Å². The number of rotatable bonds is 7. The van der Waals surface area contributed by atoms with Crippen LogP contribution in [0, 0.1) is 13.8 Å². The van der Waals surface area contributed by atoms with Crippen LogP contribution in [-0.2, 0) is 6.42 Å². The van der Waals surface area contributed by atoms with Crippen molar-refractivity contribution in [3.05, 3.63) is 83.2 Å². The maximum Gasteiger partial charge on any atom is 0.274 e. The van der Waals surface area contributed by atoms with Crippen LogP contribution in [0.15, 0.2) is 60.7 Å². The molecule has 0 radical (unpaired) electrons. The van der Waals surface area contributed by atoms with Crippen LogP contribution in [0.4, 0.5) is 11.6 Å². The summed E-state index contributed by atoms with van der Waals surface area (Å²) in [4.78, 5) is 21.3. The van der Waals surface area contributed by atoms with Crippen LogP contribution in [-0.4, -0.2) is 22.4 Å². The Balaban J connectivity index is 1.60. The van der Waals surface area contributed by atoms with Gasteiger partial charge in [0.15, 0.2) is 0 Å². The SMILES string of the molecule is Cc1cc(C(=O)Nc2ccccc2C)nc(NCCCc2ccccc2)n1. The van der Waals surface area contributed by atoms with E-state index in [-0.39, 0.29) is 5.91 Å². The zero-order chi connectivity index (χ0) is 19.1. The van der Waals surface area contributed by atoms with Crippen LogP contribution in [0.1, 0.15) is 33.7 Å². The third-order valence-electron chi connectivity index (χ3n) is 4.25. The van der Waals surface area contributed by atoms with Gasteiger partial charge in [-0.3, -0.25) is 4.79 Å². The van der Waals surface area contributed by atoms with Crippen LogP contribution < -0.4 is 10.6 Å². The standard InChI is InChI=1S/C22H24N4O/c1-16-9-6-7-13-19(16)25-21(27)20-15-17(2)24-22(26-20)23-14-8-12-18-10-4-3-5-11-18/h3-7,9-11,13,15H,8,12,14H2,1-2H3,(H,25,27)(H,23,24,26). The smallest absolute Gasteiger partial charge is 0.274 e. The molecule has 138 valence electrons. The molecule has 0 aliphatic heterocycles. The number of carbonyl (C=O) groups is 1. The molecule has 2 N–H and O–H groups in total. The Morgan fingerprint density at radius 3 is 2.48 bits per heavy atom. The van der Waals surface area contributed by atoms with E-state index in [1.54, 1.807) is 6.07 Å². The number of benzene rings is 2. The van der Waals surface area contributed by atoms with E-state index in [9.17, 15) is 4.79 Å². The molecule has 0 aliphatic rings. The third kappa shape index (κ3) is 5.38. The maximum atomic E-state index is 12.6. The Morgan fingerprint density at radius 2 is 1.70 bits per heavy atom. The van der Waals surface area contributed by atoms with Gasteiger partial charge in [0.1, 0.15) is 5.69 Å². The number of nitrogens with zero attached hydrogens (tertiary/aromatic N) is 2. The van der Waals surface area contributed by atoms with E-state index in [1.807, 2.05) is 56.3 Å². The van der Waals surface area contributed by atoms with Gasteiger partial charge in [0.05, 0.1) is 0 Å². The molecule has 0 bridgehead atoms. The maximum absolute atomic E-state index is 12.6. The topological polar surface area (TPSA) is 66.9 Å². The Kier molecular flexibility index (Phi) is 6.15. The summed E-state index contributed by atoms with van der Waals surface area (Å²) in [6.45, 7) is 4.57. The van der Waals surface area contributed by atoms with E-state index in [4.69, 9.17) is 0 Å². The van der Waals surface area contributed by atoms with Gasteiger partial charge in [-0.1, -0.05) is 48.5 Å². The zero-order valence-corrected chi connectivity index (χ0v) is 15.7. The van der Waals surface area contributed by atoms with Crippen molar-refractivity contribution in [1.29, 1.82) is 0 Å². The highest BCUT2D eigenvalue weighted by atomic mass is 16.1. The molecule has 5 heteroatoms. The number of carbonyl (C=O) groups excluding carboxylic acids is 1. The Morgan fingerprint density at radius 1 is 0.963 bits per heavy atom. The summed E-state index contributed by atoms with van der Waals surface area (Å²) < 4.78 is 0. The van der Waals surface area contributed by atoms with Gasteiger partial charge in [0, 0.05) is 17.9 Å². The van der Waals surface area contributed by atoms with E-state index in [1.165, 1.54) is 5.56 Å². The first kappa shape index (κ1) is 18.6. The minimum Gasteiger partial charge on any atom is -0.354 e. The highest BCUT2D eigenvalue weighted by molar-refractivity contribution is 6.03. The summed E-state index contributed by atoms with van der Waals surface area (Å²) in [5.41, 5.74) is 4.22. The first-order valence-corrected chi connectivity index (χ1v) is 9.12. The first-order chi connectivity index (χ1) is 13.1. The zero-order valence-electron chi connectivity index (χ0n) is 15.7. The van der Waals surface area contributed by atoms with Crippen LogP contribution >= 0.6 is 0 Å². The quantitative estimate of drug-likeness (QED) is 0.613.